The van der Waals surface area contributed by atoms with E-state index in [0.29, 0.717) is 0 Å². The highest BCUT2D eigenvalue weighted by Gasteiger charge is 1.99. The minimum absolute atomic E-state index is 0.718. The van der Waals surface area contributed by atoms with Gasteiger partial charge in [0.1, 0.15) is 0 Å². The van der Waals surface area contributed by atoms with Gasteiger partial charge in [0.25, 0.3) is 0 Å². The fourth-order valence-electron chi connectivity index (χ4n) is 2.55. The van der Waals surface area contributed by atoms with E-state index in [1.165, 1.54) is 28.8 Å². The largest absolute Gasteiger partial charge is 0.381 e. The minimum Gasteiger partial charge on any atom is -0.381 e. The molecule has 0 atom stereocenters. The van der Waals surface area contributed by atoms with Crippen LogP contribution in [-0.2, 0) is 19.4 Å². The van der Waals surface area contributed by atoms with E-state index in [2.05, 4.69) is 74.6 Å². The molecule has 2 rings (SSSR count). The molecule has 21 heavy (non-hydrogen) atoms. The Hall–Kier alpha value is -1.76. The summed E-state index contributed by atoms with van der Waals surface area (Å²) in [4.78, 5) is 0. The normalized spacial score (nSPS) is 10.9. The first-order valence-electron chi connectivity index (χ1n) is 8.08. The maximum absolute atomic E-state index is 3.49. The molecule has 0 bridgehead atoms. The van der Waals surface area contributed by atoms with Crippen molar-refractivity contribution in [3.63, 3.8) is 0 Å². The molecule has 0 aliphatic rings. The van der Waals surface area contributed by atoms with E-state index in [1.54, 1.807) is 0 Å². The van der Waals surface area contributed by atoms with Gasteiger partial charge in [0.15, 0.2) is 0 Å². The highest BCUT2D eigenvalue weighted by molar-refractivity contribution is 5.45. The number of aryl methyl sites for hydroxylation is 1. The van der Waals surface area contributed by atoms with Gasteiger partial charge in [0, 0.05) is 12.2 Å². The van der Waals surface area contributed by atoms with Crippen molar-refractivity contribution in [2.24, 2.45) is 5.92 Å². The maximum atomic E-state index is 3.49. The Morgan fingerprint density at radius 3 is 1.95 bits per heavy atom. The number of hydrogen-bond acceptors (Lipinski definition) is 1. The standard InChI is InChI=1S/C20H27N/c1-4-5-17-10-12-20(13-11-17)21-15-19-8-6-18(7-9-19)14-16(2)3/h6-13,16,21H,4-5,14-15H2,1-3H3. The summed E-state index contributed by atoms with van der Waals surface area (Å²) in [6, 6.07) is 17.8. The summed E-state index contributed by atoms with van der Waals surface area (Å²) in [7, 11) is 0. The number of benzene rings is 2. The molecule has 0 heterocycles. The van der Waals surface area contributed by atoms with E-state index in [1.807, 2.05) is 0 Å². The first kappa shape index (κ1) is 15.6. The average molecular weight is 281 g/mol. The Morgan fingerprint density at radius 2 is 1.38 bits per heavy atom. The van der Waals surface area contributed by atoms with E-state index in [-0.39, 0.29) is 0 Å². The van der Waals surface area contributed by atoms with Crippen molar-refractivity contribution < 1.29 is 0 Å². The summed E-state index contributed by atoms with van der Waals surface area (Å²) in [5.41, 5.74) is 5.38. The Balaban J connectivity index is 1.87. The van der Waals surface area contributed by atoms with E-state index in [0.717, 1.165) is 25.3 Å². The molecule has 0 radical (unpaired) electrons. The monoisotopic (exact) mass is 281 g/mol. The lowest BCUT2D eigenvalue weighted by Crippen LogP contribution is -2.00. The van der Waals surface area contributed by atoms with Crippen LogP contribution < -0.4 is 5.32 Å². The molecule has 1 heteroatoms. The van der Waals surface area contributed by atoms with Gasteiger partial charge in [-0.3, -0.25) is 0 Å². The van der Waals surface area contributed by atoms with Gasteiger partial charge in [0.2, 0.25) is 0 Å². The molecular weight excluding hydrogens is 254 g/mol. The number of rotatable bonds is 7. The molecule has 1 N–H and O–H groups in total. The van der Waals surface area contributed by atoms with Gasteiger partial charge < -0.3 is 5.32 Å². The topological polar surface area (TPSA) is 12.0 Å². The fourth-order valence-corrected chi connectivity index (χ4v) is 2.55. The second-order valence-corrected chi connectivity index (χ2v) is 6.21. The molecule has 0 aliphatic carbocycles. The van der Waals surface area contributed by atoms with Crippen LogP contribution in [-0.4, -0.2) is 0 Å². The van der Waals surface area contributed by atoms with Gasteiger partial charge >= 0.3 is 0 Å². The second-order valence-electron chi connectivity index (χ2n) is 6.21. The third kappa shape index (κ3) is 5.26. The van der Waals surface area contributed by atoms with Gasteiger partial charge in [0.05, 0.1) is 0 Å². The zero-order valence-corrected chi connectivity index (χ0v) is 13.5. The molecule has 0 saturated heterocycles. The molecule has 0 unspecified atom stereocenters. The van der Waals surface area contributed by atoms with Crippen LogP contribution in [0.25, 0.3) is 0 Å². The van der Waals surface area contributed by atoms with Crippen molar-refractivity contribution in [1.82, 2.24) is 0 Å². The van der Waals surface area contributed by atoms with E-state index in [9.17, 15) is 0 Å². The highest BCUT2D eigenvalue weighted by Crippen LogP contribution is 2.14. The quantitative estimate of drug-likeness (QED) is 0.711. The van der Waals surface area contributed by atoms with Crippen LogP contribution in [0.1, 0.15) is 43.9 Å². The van der Waals surface area contributed by atoms with E-state index < -0.39 is 0 Å². The molecule has 0 spiro atoms. The fraction of sp³-hybridized carbons (Fsp3) is 0.400. The smallest absolute Gasteiger partial charge is 0.0400 e. The van der Waals surface area contributed by atoms with Gasteiger partial charge in [-0.05, 0) is 47.6 Å². The Kier molecular flexibility index (Phi) is 5.86. The molecule has 2 aromatic rings. The zero-order chi connectivity index (χ0) is 15.1. The Bertz CT molecular complexity index is 523. The maximum Gasteiger partial charge on any atom is 0.0400 e. The third-order valence-electron chi connectivity index (χ3n) is 3.66. The lowest BCUT2D eigenvalue weighted by atomic mass is 10.0. The summed E-state index contributed by atoms with van der Waals surface area (Å²) in [6.45, 7) is 7.62. The number of hydrogen-bond donors (Lipinski definition) is 1. The highest BCUT2D eigenvalue weighted by atomic mass is 14.9. The first-order chi connectivity index (χ1) is 10.2. The molecule has 0 amide bonds. The lowest BCUT2D eigenvalue weighted by molar-refractivity contribution is 0.647. The van der Waals surface area contributed by atoms with Crippen molar-refractivity contribution in [2.45, 2.75) is 46.6 Å². The van der Waals surface area contributed by atoms with Crippen LogP contribution in [0.3, 0.4) is 0 Å². The molecule has 0 aromatic heterocycles. The molecule has 1 nitrogen and oxygen atoms in total. The predicted octanol–water partition coefficient (Wildman–Crippen LogP) is 5.45. The van der Waals surface area contributed by atoms with Gasteiger partial charge in [-0.2, -0.15) is 0 Å². The van der Waals surface area contributed by atoms with E-state index in [4.69, 9.17) is 0 Å². The summed E-state index contributed by atoms with van der Waals surface area (Å²) in [5.74, 6) is 0.718. The predicted molar refractivity (Wildman–Crippen MR) is 92.7 cm³/mol. The van der Waals surface area contributed by atoms with Crippen molar-refractivity contribution in [1.29, 1.82) is 0 Å². The molecular formula is C20H27N. The summed E-state index contributed by atoms with van der Waals surface area (Å²) >= 11 is 0. The first-order valence-corrected chi connectivity index (χ1v) is 8.08. The summed E-state index contributed by atoms with van der Waals surface area (Å²) in [5, 5.41) is 3.49. The SMILES string of the molecule is CCCc1ccc(NCc2ccc(CC(C)C)cc2)cc1. The Morgan fingerprint density at radius 1 is 0.810 bits per heavy atom. The van der Waals surface area contributed by atoms with Crippen molar-refractivity contribution in [3.05, 3.63) is 65.2 Å². The second kappa shape index (κ2) is 7.87. The van der Waals surface area contributed by atoms with Gasteiger partial charge in [-0.15, -0.1) is 0 Å². The number of anilines is 1. The Labute approximate surface area is 129 Å². The molecule has 2 aromatic carbocycles. The van der Waals surface area contributed by atoms with Crippen LogP contribution in [0.15, 0.2) is 48.5 Å². The van der Waals surface area contributed by atoms with Crippen molar-refractivity contribution >= 4 is 5.69 Å². The van der Waals surface area contributed by atoms with Crippen LogP contribution in [0.5, 0.6) is 0 Å². The summed E-state index contributed by atoms with van der Waals surface area (Å²) < 4.78 is 0. The van der Waals surface area contributed by atoms with Crippen LogP contribution in [0, 0.1) is 5.92 Å². The van der Waals surface area contributed by atoms with Gasteiger partial charge in [-0.1, -0.05) is 63.6 Å². The molecule has 0 saturated carbocycles. The van der Waals surface area contributed by atoms with E-state index >= 15 is 0 Å². The molecule has 0 fully saturated rings. The molecule has 112 valence electrons. The van der Waals surface area contributed by atoms with Crippen molar-refractivity contribution in [2.75, 3.05) is 5.32 Å². The molecule has 0 aliphatic heterocycles. The minimum atomic E-state index is 0.718. The lowest BCUT2D eigenvalue weighted by Gasteiger charge is -2.09. The third-order valence-corrected chi connectivity index (χ3v) is 3.66. The van der Waals surface area contributed by atoms with Crippen LogP contribution >= 0.6 is 0 Å². The van der Waals surface area contributed by atoms with Crippen LogP contribution in [0.4, 0.5) is 5.69 Å². The van der Waals surface area contributed by atoms with Gasteiger partial charge in [-0.25, -0.2) is 0 Å². The zero-order valence-electron chi connectivity index (χ0n) is 13.5. The number of nitrogens with one attached hydrogen (secondary N) is 1. The average Bonchev–Trinajstić information content (AvgIpc) is 2.48. The van der Waals surface area contributed by atoms with Crippen LogP contribution in [0.2, 0.25) is 0 Å². The summed E-state index contributed by atoms with van der Waals surface area (Å²) in [6.07, 6.45) is 3.53. The van der Waals surface area contributed by atoms with Crippen molar-refractivity contribution in [3.8, 4) is 0 Å².